The highest BCUT2D eigenvalue weighted by Gasteiger charge is 2.48. The number of benzene rings is 2. The smallest absolute Gasteiger partial charge is 0.120 e. The number of aromatic hydroxyl groups is 1. The summed E-state index contributed by atoms with van der Waals surface area (Å²) in [6, 6.07) is 9.58. The normalized spacial score (nSPS) is 18.8. The number of phenols is 1. The lowest BCUT2D eigenvalue weighted by Crippen LogP contribution is -2.31. The predicted molar refractivity (Wildman–Crippen MR) is 75.2 cm³/mol. The summed E-state index contributed by atoms with van der Waals surface area (Å²) < 4.78 is 0. The third-order valence-corrected chi connectivity index (χ3v) is 4.35. The lowest BCUT2D eigenvalue weighted by Gasteiger charge is -2.21. The van der Waals surface area contributed by atoms with Crippen LogP contribution in [-0.4, -0.2) is 11.1 Å². The quantitative estimate of drug-likeness (QED) is 0.868. The average Bonchev–Trinajstić information content (AvgIpc) is 3.10. The van der Waals surface area contributed by atoms with Crippen molar-refractivity contribution < 1.29 is 5.11 Å². The Hall–Kier alpha value is -1.25. The summed E-state index contributed by atoms with van der Waals surface area (Å²) in [6.45, 7) is 2.01. The molecule has 1 aliphatic rings. The van der Waals surface area contributed by atoms with Crippen molar-refractivity contribution in [3.8, 4) is 5.75 Å². The van der Waals surface area contributed by atoms with Crippen LogP contribution >= 0.6 is 11.6 Å². The number of rotatable bonds is 2. The molecule has 0 bridgehead atoms. The molecule has 0 amide bonds. The van der Waals surface area contributed by atoms with Crippen LogP contribution in [0.25, 0.3) is 10.8 Å². The van der Waals surface area contributed by atoms with Crippen LogP contribution in [0, 0.1) is 0 Å². The first-order chi connectivity index (χ1) is 8.53. The van der Waals surface area contributed by atoms with Gasteiger partial charge in [-0.25, -0.2) is 0 Å². The Bertz CT molecular complexity index is 617. The van der Waals surface area contributed by atoms with Crippen molar-refractivity contribution >= 4 is 22.4 Å². The molecule has 0 saturated heterocycles. The van der Waals surface area contributed by atoms with E-state index in [0.717, 1.165) is 29.2 Å². The molecule has 2 aromatic carbocycles. The summed E-state index contributed by atoms with van der Waals surface area (Å²) in [5.41, 5.74) is 6.99. The molecule has 3 rings (SSSR count). The molecule has 0 aromatic heterocycles. The van der Waals surface area contributed by atoms with E-state index in [1.165, 1.54) is 0 Å². The van der Waals surface area contributed by atoms with Crippen LogP contribution in [0.2, 0.25) is 5.02 Å². The van der Waals surface area contributed by atoms with Crippen molar-refractivity contribution in [1.29, 1.82) is 0 Å². The average molecular weight is 262 g/mol. The number of fused-ring (bicyclic) bond motifs is 1. The highest BCUT2D eigenvalue weighted by molar-refractivity contribution is 6.31. The fraction of sp³-hybridized carbons (Fsp3) is 0.333. The summed E-state index contributed by atoms with van der Waals surface area (Å²) in [5.74, 6) is 0.347. The SMILES string of the molecule is CC(N)C1(c2cc3cc(Cl)ccc3cc2O)CC1. The lowest BCUT2D eigenvalue weighted by molar-refractivity contribution is 0.447. The minimum Gasteiger partial charge on any atom is -0.508 e. The fourth-order valence-electron chi connectivity index (χ4n) is 2.76. The van der Waals surface area contributed by atoms with Crippen LogP contribution in [0.3, 0.4) is 0 Å². The first-order valence-corrected chi connectivity index (χ1v) is 6.59. The zero-order valence-electron chi connectivity index (χ0n) is 10.3. The van der Waals surface area contributed by atoms with E-state index in [1.54, 1.807) is 0 Å². The van der Waals surface area contributed by atoms with Gasteiger partial charge in [-0.2, -0.15) is 0 Å². The maximum atomic E-state index is 10.2. The summed E-state index contributed by atoms with van der Waals surface area (Å²) in [5, 5.41) is 13.0. The second-order valence-electron chi connectivity index (χ2n) is 5.31. The molecule has 0 spiro atoms. The zero-order valence-corrected chi connectivity index (χ0v) is 11.0. The molecule has 94 valence electrons. The van der Waals surface area contributed by atoms with E-state index in [9.17, 15) is 5.11 Å². The molecule has 2 aromatic rings. The number of phenolic OH excluding ortho intramolecular Hbond substituents is 1. The predicted octanol–water partition coefficient (Wildman–Crippen LogP) is 3.58. The lowest BCUT2D eigenvalue weighted by atomic mass is 9.87. The van der Waals surface area contributed by atoms with E-state index in [1.807, 2.05) is 37.3 Å². The molecule has 1 aliphatic carbocycles. The minimum absolute atomic E-state index is 0.0411. The van der Waals surface area contributed by atoms with E-state index in [4.69, 9.17) is 17.3 Å². The highest BCUT2D eigenvalue weighted by Crippen LogP contribution is 2.53. The van der Waals surface area contributed by atoms with E-state index in [2.05, 4.69) is 0 Å². The van der Waals surface area contributed by atoms with Gasteiger partial charge in [-0.1, -0.05) is 17.7 Å². The molecule has 0 radical (unpaired) electrons. The van der Waals surface area contributed by atoms with Gasteiger partial charge in [0.25, 0.3) is 0 Å². The van der Waals surface area contributed by atoms with E-state index in [-0.39, 0.29) is 11.5 Å². The second kappa shape index (κ2) is 3.87. The van der Waals surface area contributed by atoms with Crippen LogP contribution < -0.4 is 5.73 Å². The van der Waals surface area contributed by atoms with Crippen LogP contribution in [0.5, 0.6) is 5.75 Å². The van der Waals surface area contributed by atoms with Crippen LogP contribution in [-0.2, 0) is 5.41 Å². The molecule has 1 atom stereocenters. The number of halogens is 1. The fourth-order valence-corrected chi connectivity index (χ4v) is 2.94. The molecule has 2 nitrogen and oxygen atoms in total. The second-order valence-corrected chi connectivity index (χ2v) is 5.74. The molecule has 1 saturated carbocycles. The van der Waals surface area contributed by atoms with Gasteiger partial charge in [-0.15, -0.1) is 0 Å². The molecule has 1 unspecified atom stereocenters. The van der Waals surface area contributed by atoms with Gasteiger partial charge in [0.2, 0.25) is 0 Å². The summed E-state index contributed by atoms with van der Waals surface area (Å²) in [7, 11) is 0. The van der Waals surface area contributed by atoms with Crippen molar-refractivity contribution in [3.05, 3.63) is 40.9 Å². The first kappa shape index (κ1) is 11.8. The first-order valence-electron chi connectivity index (χ1n) is 6.21. The van der Waals surface area contributed by atoms with Gasteiger partial charge in [0.05, 0.1) is 0 Å². The molecule has 1 fully saturated rings. The molecule has 3 heteroatoms. The van der Waals surface area contributed by atoms with Crippen molar-refractivity contribution in [1.82, 2.24) is 0 Å². The van der Waals surface area contributed by atoms with Gasteiger partial charge in [0.15, 0.2) is 0 Å². The highest BCUT2D eigenvalue weighted by atomic mass is 35.5. The molecule has 18 heavy (non-hydrogen) atoms. The molecular formula is C15H16ClNO. The van der Waals surface area contributed by atoms with Crippen LogP contribution in [0.4, 0.5) is 0 Å². The van der Waals surface area contributed by atoms with E-state index < -0.39 is 0 Å². The Kier molecular flexibility index (Phi) is 2.54. The van der Waals surface area contributed by atoms with Gasteiger partial charge in [-0.05, 0) is 54.8 Å². The molecule has 0 heterocycles. The summed E-state index contributed by atoms with van der Waals surface area (Å²) >= 11 is 6.02. The Morgan fingerprint density at radius 1 is 1.22 bits per heavy atom. The van der Waals surface area contributed by atoms with E-state index in [0.29, 0.717) is 10.8 Å². The maximum Gasteiger partial charge on any atom is 0.120 e. The molecular weight excluding hydrogens is 246 g/mol. The minimum atomic E-state index is -0.0411. The summed E-state index contributed by atoms with van der Waals surface area (Å²) in [4.78, 5) is 0. The van der Waals surface area contributed by atoms with Gasteiger partial charge in [0, 0.05) is 22.0 Å². The van der Waals surface area contributed by atoms with Crippen LogP contribution in [0.15, 0.2) is 30.3 Å². The Morgan fingerprint density at radius 3 is 2.56 bits per heavy atom. The Balaban J connectivity index is 2.21. The maximum absolute atomic E-state index is 10.2. The van der Waals surface area contributed by atoms with Gasteiger partial charge >= 0.3 is 0 Å². The Morgan fingerprint density at radius 2 is 1.94 bits per heavy atom. The van der Waals surface area contributed by atoms with Crippen LogP contribution in [0.1, 0.15) is 25.3 Å². The Labute approximate surface area is 111 Å². The zero-order chi connectivity index (χ0) is 12.9. The molecule has 3 N–H and O–H groups in total. The van der Waals surface area contributed by atoms with Crippen molar-refractivity contribution in [3.63, 3.8) is 0 Å². The van der Waals surface area contributed by atoms with Crippen molar-refractivity contribution in [2.45, 2.75) is 31.2 Å². The van der Waals surface area contributed by atoms with Gasteiger partial charge in [0.1, 0.15) is 5.75 Å². The van der Waals surface area contributed by atoms with Gasteiger partial charge < -0.3 is 10.8 Å². The third kappa shape index (κ3) is 1.68. The van der Waals surface area contributed by atoms with Gasteiger partial charge in [-0.3, -0.25) is 0 Å². The largest absolute Gasteiger partial charge is 0.508 e. The third-order valence-electron chi connectivity index (χ3n) is 4.11. The van der Waals surface area contributed by atoms with E-state index >= 15 is 0 Å². The topological polar surface area (TPSA) is 46.2 Å². The number of hydrogen-bond donors (Lipinski definition) is 2. The van der Waals surface area contributed by atoms with Crippen molar-refractivity contribution in [2.75, 3.05) is 0 Å². The monoisotopic (exact) mass is 261 g/mol. The standard InChI is InChI=1S/C15H16ClNO/c1-9(17)15(4-5-15)13-7-11-6-12(16)3-2-10(11)8-14(13)18/h2-3,6-9,18H,4-5,17H2,1H3. The molecule has 0 aliphatic heterocycles. The van der Waals surface area contributed by atoms with Crippen molar-refractivity contribution in [2.24, 2.45) is 5.73 Å². The number of hydrogen-bond acceptors (Lipinski definition) is 2. The summed E-state index contributed by atoms with van der Waals surface area (Å²) in [6.07, 6.45) is 2.09. The number of nitrogens with two attached hydrogens (primary N) is 1.